The van der Waals surface area contributed by atoms with Crippen molar-refractivity contribution in [2.45, 2.75) is 25.8 Å². The van der Waals surface area contributed by atoms with Crippen molar-refractivity contribution in [3.8, 4) is 11.4 Å². The fraction of sp³-hybridized carbons (Fsp3) is 0.429. The predicted molar refractivity (Wildman–Crippen MR) is 80.1 cm³/mol. The van der Waals surface area contributed by atoms with Crippen molar-refractivity contribution < 1.29 is 8.42 Å². The number of aryl methyl sites for hydroxylation is 1. The molecule has 0 amide bonds. The van der Waals surface area contributed by atoms with Crippen molar-refractivity contribution in [2.24, 2.45) is 0 Å². The zero-order valence-corrected chi connectivity index (χ0v) is 12.9. The fourth-order valence-electron chi connectivity index (χ4n) is 2.81. The smallest absolute Gasteiger partial charge is 0.211 e. The molecule has 1 aliphatic rings. The lowest BCUT2D eigenvalue weighted by Gasteiger charge is -2.22. The van der Waals surface area contributed by atoms with Crippen LogP contribution in [0, 0.1) is 6.92 Å². The van der Waals surface area contributed by atoms with E-state index >= 15 is 0 Å². The molecule has 0 radical (unpaired) electrons. The number of nitrogens with zero attached hydrogens (tertiary/aromatic N) is 3. The first kappa shape index (κ1) is 14.2. The summed E-state index contributed by atoms with van der Waals surface area (Å²) in [5.74, 6) is 0. The van der Waals surface area contributed by atoms with E-state index in [4.69, 9.17) is 0 Å². The Morgan fingerprint density at radius 2 is 2.14 bits per heavy atom. The number of aromatic nitrogens is 3. The highest BCUT2D eigenvalue weighted by atomic mass is 32.2. The molecule has 1 aliphatic heterocycles. The van der Waals surface area contributed by atoms with Crippen LogP contribution in [0.5, 0.6) is 0 Å². The Hall–Kier alpha value is -1.73. The van der Waals surface area contributed by atoms with Crippen molar-refractivity contribution in [1.82, 2.24) is 19.5 Å². The number of H-pyrrole nitrogens is 1. The van der Waals surface area contributed by atoms with Crippen molar-refractivity contribution in [3.63, 3.8) is 0 Å². The lowest BCUT2D eigenvalue weighted by atomic mass is 10.1. The van der Waals surface area contributed by atoms with Gasteiger partial charge in [0, 0.05) is 24.5 Å². The molecule has 3 rings (SSSR count). The van der Waals surface area contributed by atoms with E-state index in [0.29, 0.717) is 6.54 Å². The maximum Gasteiger partial charge on any atom is 0.211 e. The largest absolute Gasteiger partial charge is 0.282 e. The van der Waals surface area contributed by atoms with E-state index in [1.165, 1.54) is 6.26 Å². The zero-order chi connectivity index (χ0) is 15.0. The molecule has 0 spiro atoms. The standard InChI is InChI=1S/C14H18N4O2S/c1-10-8-13(17-16-10)12-9-11(5-6-15-12)14-4-3-7-18(14)21(2,19)20/h5-6,8-9,14H,3-4,7H2,1-2H3,(H,16,17). The van der Waals surface area contributed by atoms with Crippen LogP contribution >= 0.6 is 0 Å². The number of hydrogen-bond acceptors (Lipinski definition) is 4. The first-order valence-electron chi connectivity index (χ1n) is 6.90. The summed E-state index contributed by atoms with van der Waals surface area (Å²) < 4.78 is 25.3. The molecule has 0 bridgehead atoms. The van der Waals surface area contributed by atoms with Gasteiger partial charge in [-0.2, -0.15) is 9.40 Å². The minimum Gasteiger partial charge on any atom is -0.282 e. The van der Waals surface area contributed by atoms with Gasteiger partial charge in [0.25, 0.3) is 0 Å². The van der Waals surface area contributed by atoms with Gasteiger partial charge in [-0.1, -0.05) is 0 Å². The molecule has 21 heavy (non-hydrogen) atoms. The molecule has 1 N–H and O–H groups in total. The quantitative estimate of drug-likeness (QED) is 0.939. The average molecular weight is 306 g/mol. The molecular weight excluding hydrogens is 288 g/mol. The minimum atomic E-state index is -3.18. The van der Waals surface area contributed by atoms with Crippen LogP contribution in [0.3, 0.4) is 0 Å². The van der Waals surface area contributed by atoms with Gasteiger partial charge in [-0.05, 0) is 43.5 Å². The highest BCUT2D eigenvalue weighted by Gasteiger charge is 2.32. The molecule has 2 aromatic heterocycles. The van der Waals surface area contributed by atoms with Crippen molar-refractivity contribution in [1.29, 1.82) is 0 Å². The van der Waals surface area contributed by atoms with Gasteiger partial charge in [0.1, 0.15) is 5.69 Å². The normalized spacial score (nSPS) is 20.0. The molecule has 6 nitrogen and oxygen atoms in total. The van der Waals surface area contributed by atoms with Crippen molar-refractivity contribution in [3.05, 3.63) is 35.7 Å². The number of pyridine rings is 1. The molecule has 0 saturated carbocycles. The second kappa shape index (κ2) is 5.23. The van der Waals surface area contributed by atoms with E-state index in [9.17, 15) is 8.42 Å². The van der Waals surface area contributed by atoms with Crippen LogP contribution in [0.25, 0.3) is 11.4 Å². The van der Waals surface area contributed by atoms with Gasteiger partial charge in [-0.15, -0.1) is 0 Å². The highest BCUT2D eigenvalue weighted by molar-refractivity contribution is 7.88. The summed E-state index contributed by atoms with van der Waals surface area (Å²) in [6.07, 6.45) is 4.71. The second-order valence-corrected chi connectivity index (χ2v) is 7.38. The molecular formula is C14H18N4O2S. The molecule has 7 heteroatoms. The van der Waals surface area contributed by atoms with E-state index in [1.807, 2.05) is 25.1 Å². The summed E-state index contributed by atoms with van der Waals surface area (Å²) in [7, 11) is -3.18. The highest BCUT2D eigenvalue weighted by Crippen LogP contribution is 2.34. The van der Waals surface area contributed by atoms with E-state index in [2.05, 4.69) is 15.2 Å². The Balaban J connectivity index is 1.96. The van der Waals surface area contributed by atoms with Crippen LogP contribution in [0.15, 0.2) is 24.4 Å². The number of aromatic amines is 1. The predicted octanol–water partition coefficient (Wildman–Crippen LogP) is 1.88. The molecule has 1 atom stereocenters. The molecule has 0 aromatic carbocycles. The third-order valence-corrected chi connectivity index (χ3v) is 5.06. The Morgan fingerprint density at radius 1 is 1.33 bits per heavy atom. The lowest BCUT2D eigenvalue weighted by molar-refractivity contribution is 0.400. The zero-order valence-electron chi connectivity index (χ0n) is 12.1. The van der Waals surface area contributed by atoms with Crippen LogP contribution in [0.1, 0.15) is 30.1 Å². The minimum absolute atomic E-state index is 0.0956. The van der Waals surface area contributed by atoms with E-state index in [0.717, 1.165) is 35.5 Å². The monoisotopic (exact) mass is 306 g/mol. The van der Waals surface area contributed by atoms with Crippen LogP contribution in [-0.2, 0) is 10.0 Å². The average Bonchev–Trinajstić information content (AvgIpc) is 3.06. The van der Waals surface area contributed by atoms with E-state index in [1.54, 1.807) is 10.5 Å². The maximum absolute atomic E-state index is 11.9. The molecule has 1 unspecified atom stereocenters. The number of hydrogen-bond donors (Lipinski definition) is 1. The summed E-state index contributed by atoms with van der Waals surface area (Å²) >= 11 is 0. The van der Waals surface area contributed by atoms with Gasteiger partial charge >= 0.3 is 0 Å². The van der Waals surface area contributed by atoms with E-state index < -0.39 is 10.0 Å². The van der Waals surface area contributed by atoms with Crippen LogP contribution in [-0.4, -0.2) is 40.7 Å². The number of rotatable bonds is 3. The first-order chi connectivity index (χ1) is 9.95. The van der Waals surface area contributed by atoms with Gasteiger partial charge in [0.15, 0.2) is 0 Å². The topological polar surface area (TPSA) is 79.0 Å². The fourth-order valence-corrected chi connectivity index (χ4v) is 3.96. The van der Waals surface area contributed by atoms with E-state index in [-0.39, 0.29) is 6.04 Å². The number of sulfonamides is 1. The molecule has 3 heterocycles. The first-order valence-corrected chi connectivity index (χ1v) is 8.75. The van der Waals surface area contributed by atoms with Crippen molar-refractivity contribution in [2.75, 3.05) is 12.8 Å². The lowest BCUT2D eigenvalue weighted by Crippen LogP contribution is -2.29. The SMILES string of the molecule is Cc1cc(-c2cc(C3CCCN3S(C)(=O)=O)ccn2)n[nH]1. The Bertz CT molecular complexity index is 754. The molecule has 112 valence electrons. The summed E-state index contributed by atoms with van der Waals surface area (Å²) in [6, 6.07) is 5.65. The second-order valence-electron chi connectivity index (χ2n) is 5.44. The van der Waals surface area contributed by atoms with Gasteiger partial charge in [0.05, 0.1) is 11.9 Å². The third-order valence-electron chi connectivity index (χ3n) is 3.77. The molecule has 1 saturated heterocycles. The van der Waals surface area contributed by atoms with Crippen molar-refractivity contribution >= 4 is 10.0 Å². The van der Waals surface area contributed by atoms with Crippen LogP contribution in [0.2, 0.25) is 0 Å². The van der Waals surface area contributed by atoms with Gasteiger partial charge in [-0.25, -0.2) is 8.42 Å². The maximum atomic E-state index is 11.9. The Kier molecular flexibility index (Phi) is 3.54. The summed E-state index contributed by atoms with van der Waals surface area (Å²) in [5.41, 5.74) is 3.48. The number of nitrogens with one attached hydrogen (secondary N) is 1. The van der Waals surface area contributed by atoms with Gasteiger partial charge in [0.2, 0.25) is 10.0 Å². The summed E-state index contributed by atoms with van der Waals surface area (Å²) in [4.78, 5) is 4.33. The molecule has 0 aliphatic carbocycles. The van der Waals surface area contributed by atoms with Crippen LogP contribution < -0.4 is 0 Å². The molecule has 1 fully saturated rings. The summed E-state index contributed by atoms with van der Waals surface area (Å²) in [6.45, 7) is 2.52. The van der Waals surface area contributed by atoms with Gasteiger partial charge < -0.3 is 0 Å². The third kappa shape index (κ3) is 2.84. The summed E-state index contributed by atoms with van der Waals surface area (Å²) in [5, 5.41) is 7.10. The molecule has 2 aromatic rings. The van der Waals surface area contributed by atoms with Crippen LogP contribution in [0.4, 0.5) is 0 Å². The Morgan fingerprint density at radius 3 is 2.81 bits per heavy atom. The Labute approximate surface area is 124 Å². The van der Waals surface area contributed by atoms with Gasteiger partial charge in [-0.3, -0.25) is 10.1 Å².